The van der Waals surface area contributed by atoms with Gasteiger partial charge in [-0.2, -0.15) is 5.10 Å². The Morgan fingerprint density at radius 2 is 1.66 bits per heavy atom. The fraction of sp³-hybridized carbons (Fsp3) is 0.100. The molecule has 38 heavy (non-hydrogen) atoms. The van der Waals surface area contributed by atoms with E-state index in [0.717, 1.165) is 5.56 Å². The molecule has 8 heteroatoms. The molecule has 0 aliphatic rings. The molecule has 0 aliphatic heterocycles. The number of hydrazone groups is 1. The number of nitrogens with one attached hydrogen (secondary N) is 1. The number of hydrogen-bond acceptors (Lipinski definition) is 6. The van der Waals surface area contributed by atoms with E-state index in [1.54, 1.807) is 66.7 Å². The molecule has 0 heterocycles. The van der Waals surface area contributed by atoms with Crippen molar-refractivity contribution in [1.82, 2.24) is 5.43 Å². The fourth-order valence-electron chi connectivity index (χ4n) is 3.41. The third-order valence-electron chi connectivity index (χ3n) is 5.51. The van der Waals surface area contributed by atoms with Crippen molar-refractivity contribution in [2.45, 2.75) is 13.5 Å². The molecular weight excluding hydrogens is 504 g/mol. The highest BCUT2D eigenvalue weighted by molar-refractivity contribution is 6.33. The van der Waals surface area contributed by atoms with Gasteiger partial charge in [0.15, 0.2) is 11.5 Å². The Kier molecular flexibility index (Phi) is 8.74. The Balaban J connectivity index is 1.32. The summed E-state index contributed by atoms with van der Waals surface area (Å²) >= 11 is 6.07. The van der Waals surface area contributed by atoms with Crippen molar-refractivity contribution in [2.75, 3.05) is 7.11 Å². The molecule has 0 spiro atoms. The molecule has 0 saturated heterocycles. The maximum absolute atomic E-state index is 12.5. The van der Waals surface area contributed by atoms with Gasteiger partial charge < -0.3 is 14.2 Å². The van der Waals surface area contributed by atoms with Gasteiger partial charge in [-0.15, -0.1) is 0 Å². The molecule has 4 aromatic rings. The SMILES string of the molecule is COc1cc(C=NNC(=O)c2ccc(OCc3ccc(C)cc3)cc2)ccc1OC(=O)c1ccccc1Cl. The van der Waals surface area contributed by atoms with Crippen molar-refractivity contribution in [3.8, 4) is 17.2 Å². The van der Waals surface area contributed by atoms with Crippen molar-refractivity contribution in [2.24, 2.45) is 5.10 Å². The van der Waals surface area contributed by atoms with Crippen LogP contribution in [0.4, 0.5) is 0 Å². The van der Waals surface area contributed by atoms with E-state index in [1.165, 1.54) is 18.9 Å². The molecule has 1 amide bonds. The molecular formula is C30H25ClN2O5. The highest BCUT2D eigenvalue weighted by atomic mass is 35.5. The summed E-state index contributed by atoms with van der Waals surface area (Å²) in [4.78, 5) is 24.9. The standard InChI is InChI=1S/C30H25ClN2O5/c1-20-7-9-21(10-8-20)19-37-24-14-12-23(13-15-24)29(34)33-32-18-22-11-16-27(28(17-22)36-2)38-30(35)25-5-3-4-6-26(25)31/h3-18H,19H2,1-2H3,(H,33,34). The van der Waals surface area contributed by atoms with Gasteiger partial charge in [-0.05, 0) is 72.6 Å². The monoisotopic (exact) mass is 528 g/mol. The van der Waals surface area contributed by atoms with Gasteiger partial charge in [0.1, 0.15) is 12.4 Å². The molecule has 0 radical (unpaired) electrons. The first kappa shape index (κ1) is 26.4. The Labute approximate surface area is 225 Å². The molecule has 0 aliphatic carbocycles. The summed E-state index contributed by atoms with van der Waals surface area (Å²) in [6.07, 6.45) is 1.46. The van der Waals surface area contributed by atoms with Gasteiger partial charge in [-0.25, -0.2) is 10.2 Å². The van der Waals surface area contributed by atoms with E-state index >= 15 is 0 Å². The van der Waals surface area contributed by atoms with E-state index < -0.39 is 5.97 Å². The maximum atomic E-state index is 12.5. The highest BCUT2D eigenvalue weighted by Gasteiger charge is 2.15. The minimum absolute atomic E-state index is 0.225. The smallest absolute Gasteiger partial charge is 0.345 e. The average Bonchev–Trinajstić information content (AvgIpc) is 2.94. The van der Waals surface area contributed by atoms with Gasteiger partial charge in [0.25, 0.3) is 5.91 Å². The summed E-state index contributed by atoms with van der Waals surface area (Å²) in [6, 6.07) is 26.4. The van der Waals surface area contributed by atoms with Crippen molar-refractivity contribution < 1.29 is 23.8 Å². The molecule has 4 aromatic carbocycles. The Morgan fingerprint density at radius 3 is 2.37 bits per heavy atom. The van der Waals surface area contributed by atoms with Crippen LogP contribution in [0, 0.1) is 6.92 Å². The van der Waals surface area contributed by atoms with Gasteiger partial charge in [0.05, 0.1) is 23.9 Å². The lowest BCUT2D eigenvalue weighted by atomic mass is 10.2. The maximum Gasteiger partial charge on any atom is 0.345 e. The number of nitrogens with zero attached hydrogens (tertiary/aromatic N) is 1. The topological polar surface area (TPSA) is 86.2 Å². The lowest BCUT2D eigenvalue weighted by molar-refractivity contribution is 0.0729. The summed E-state index contributed by atoms with van der Waals surface area (Å²) in [6.45, 7) is 2.48. The van der Waals surface area contributed by atoms with Crippen molar-refractivity contribution in [3.05, 3.63) is 124 Å². The molecule has 0 aromatic heterocycles. The van der Waals surface area contributed by atoms with Crippen molar-refractivity contribution >= 4 is 29.7 Å². The first-order chi connectivity index (χ1) is 18.4. The highest BCUT2D eigenvalue weighted by Crippen LogP contribution is 2.29. The number of carbonyl (C=O) groups is 2. The van der Waals surface area contributed by atoms with Crippen LogP contribution in [-0.4, -0.2) is 25.2 Å². The Morgan fingerprint density at radius 1 is 0.921 bits per heavy atom. The molecule has 0 saturated carbocycles. The lowest BCUT2D eigenvalue weighted by Gasteiger charge is -2.10. The fourth-order valence-corrected chi connectivity index (χ4v) is 3.63. The molecule has 192 valence electrons. The second-order valence-electron chi connectivity index (χ2n) is 8.28. The first-order valence-corrected chi connectivity index (χ1v) is 12.1. The van der Waals surface area contributed by atoms with Crippen LogP contribution in [0.15, 0.2) is 96.1 Å². The van der Waals surface area contributed by atoms with Crippen LogP contribution in [-0.2, 0) is 6.61 Å². The van der Waals surface area contributed by atoms with Crippen LogP contribution in [0.2, 0.25) is 5.02 Å². The van der Waals surface area contributed by atoms with Gasteiger partial charge in [0, 0.05) is 5.56 Å². The number of rotatable bonds is 9. The van der Waals surface area contributed by atoms with E-state index in [2.05, 4.69) is 10.5 Å². The molecule has 1 N–H and O–H groups in total. The molecule has 4 rings (SSSR count). The van der Waals surface area contributed by atoms with Crippen LogP contribution in [0.1, 0.15) is 37.4 Å². The summed E-state index contributed by atoms with van der Waals surface area (Å²) in [5.41, 5.74) is 6.05. The predicted octanol–water partition coefficient (Wildman–Crippen LogP) is 6.22. The Bertz CT molecular complexity index is 1450. The van der Waals surface area contributed by atoms with Crippen LogP contribution >= 0.6 is 11.6 Å². The van der Waals surface area contributed by atoms with E-state index in [9.17, 15) is 9.59 Å². The number of halogens is 1. The van der Waals surface area contributed by atoms with Crippen molar-refractivity contribution in [1.29, 1.82) is 0 Å². The third-order valence-corrected chi connectivity index (χ3v) is 5.84. The van der Waals surface area contributed by atoms with E-state index in [-0.39, 0.29) is 17.2 Å². The van der Waals surface area contributed by atoms with Crippen molar-refractivity contribution in [3.63, 3.8) is 0 Å². The molecule has 0 bridgehead atoms. The molecule has 0 atom stereocenters. The quantitative estimate of drug-likeness (QED) is 0.121. The second-order valence-corrected chi connectivity index (χ2v) is 8.68. The Hall–Kier alpha value is -4.62. The van der Waals surface area contributed by atoms with Crippen LogP contribution < -0.4 is 19.6 Å². The van der Waals surface area contributed by atoms with E-state index in [0.29, 0.717) is 34.3 Å². The molecule has 0 unspecified atom stereocenters. The van der Waals surface area contributed by atoms with E-state index in [4.69, 9.17) is 25.8 Å². The zero-order valence-electron chi connectivity index (χ0n) is 20.8. The number of methoxy groups -OCH3 is 1. The first-order valence-electron chi connectivity index (χ1n) is 11.7. The van der Waals surface area contributed by atoms with Crippen LogP contribution in [0.25, 0.3) is 0 Å². The zero-order valence-corrected chi connectivity index (χ0v) is 21.6. The van der Waals surface area contributed by atoms with Gasteiger partial charge in [0.2, 0.25) is 0 Å². The molecule has 7 nitrogen and oxygen atoms in total. The number of aryl methyl sites for hydroxylation is 1. The number of amides is 1. The molecule has 0 fully saturated rings. The van der Waals surface area contributed by atoms with Crippen LogP contribution in [0.5, 0.6) is 17.2 Å². The summed E-state index contributed by atoms with van der Waals surface area (Å²) in [5, 5.41) is 4.30. The number of ether oxygens (including phenoxy) is 3. The van der Waals surface area contributed by atoms with E-state index in [1.807, 2.05) is 31.2 Å². The normalized spacial score (nSPS) is 10.7. The number of hydrogen-bond donors (Lipinski definition) is 1. The van der Waals surface area contributed by atoms with Gasteiger partial charge >= 0.3 is 5.97 Å². The average molecular weight is 529 g/mol. The number of carbonyl (C=O) groups excluding carboxylic acids is 2. The summed E-state index contributed by atoms with van der Waals surface area (Å²) in [5.74, 6) is 0.232. The summed E-state index contributed by atoms with van der Waals surface area (Å²) < 4.78 is 16.6. The minimum atomic E-state index is -0.603. The zero-order chi connectivity index (χ0) is 26.9. The summed E-state index contributed by atoms with van der Waals surface area (Å²) in [7, 11) is 1.46. The number of esters is 1. The van der Waals surface area contributed by atoms with Crippen LogP contribution in [0.3, 0.4) is 0 Å². The minimum Gasteiger partial charge on any atom is -0.493 e. The number of benzene rings is 4. The van der Waals surface area contributed by atoms with Gasteiger partial charge in [-0.1, -0.05) is 53.6 Å². The largest absolute Gasteiger partial charge is 0.493 e. The second kappa shape index (κ2) is 12.6. The van der Waals surface area contributed by atoms with Gasteiger partial charge in [-0.3, -0.25) is 4.79 Å². The lowest BCUT2D eigenvalue weighted by Crippen LogP contribution is -2.17. The predicted molar refractivity (Wildman–Crippen MR) is 146 cm³/mol. The third kappa shape index (κ3) is 6.99.